The number of aryl methyl sites for hydroxylation is 1. The number of amides is 1. The van der Waals surface area contributed by atoms with Gasteiger partial charge in [-0.15, -0.1) is 0 Å². The normalized spacial score (nSPS) is 19.6. The lowest BCUT2D eigenvalue weighted by atomic mass is 9.89. The molecule has 2 fully saturated rings. The van der Waals surface area contributed by atoms with E-state index >= 15 is 0 Å². The molecule has 1 aromatic carbocycles. The summed E-state index contributed by atoms with van der Waals surface area (Å²) in [5, 5.41) is 0. The van der Waals surface area contributed by atoms with Crippen LogP contribution in [0.1, 0.15) is 69.8 Å². The predicted octanol–water partition coefficient (Wildman–Crippen LogP) is 4.22. The second-order valence-electron chi connectivity index (χ2n) is 8.74. The van der Waals surface area contributed by atoms with Crippen LogP contribution in [0.3, 0.4) is 0 Å². The lowest BCUT2D eigenvalue weighted by Crippen LogP contribution is -2.32. The smallest absolute Gasteiger partial charge is 0.243 e. The molecule has 0 bridgehead atoms. The quantitative estimate of drug-likeness (QED) is 0.663. The number of hydrogen-bond donors (Lipinski definition) is 0. The van der Waals surface area contributed by atoms with Gasteiger partial charge in [0.1, 0.15) is 0 Å². The number of carbonyl (C=O) groups excluding carboxylic acids is 1. The third kappa shape index (κ3) is 6.29. The maximum atomic E-state index is 12.9. The highest BCUT2D eigenvalue weighted by Gasteiger charge is 2.25. The number of rotatable bonds is 7. The fourth-order valence-electron chi connectivity index (χ4n) is 4.56. The van der Waals surface area contributed by atoms with Crippen LogP contribution in [-0.2, 0) is 21.2 Å². The van der Waals surface area contributed by atoms with Crippen molar-refractivity contribution in [1.82, 2.24) is 9.21 Å². The average Bonchev–Trinajstić information content (AvgIpc) is 3.03. The molecule has 1 heterocycles. The first kappa shape index (κ1) is 22.3. The molecule has 1 aliphatic heterocycles. The number of carbonyl (C=O) groups is 1. The Bertz CT molecular complexity index is 747. The minimum Gasteiger partial charge on any atom is -0.345 e. The number of benzene rings is 1. The highest BCUT2D eigenvalue weighted by atomic mass is 32.2. The average molecular weight is 421 g/mol. The zero-order valence-electron chi connectivity index (χ0n) is 17.8. The first-order valence-electron chi connectivity index (χ1n) is 11.3. The molecule has 1 saturated heterocycles. The van der Waals surface area contributed by atoms with Gasteiger partial charge in [0.2, 0.25) is 15.9 Å². The Morgan fingerprint density at radius 3 is 2.17 bits per heavy atom. The second-order valence-corrected chi connectivity index (χ2v) is 10.7. The zero-order chi connectivity index (χ0) is 20.7. The SMILES string of the molecule is CN(CC1CCCCC1)C(=O)CCc1ccc(S(=O)(=O)N2CCCCCC2)cc1. The van der Waals surface area contributed by atoms with Crippen LogP contribution in [-0.4, -0.2) is 50.2 Å². The van der Waals surface area contributed by atoms with E-state index in [1.165, 1.54) is 32.1 Å². The van der Waals surface area contributed by atoms with Gasteiger partial charge in [-0.2, -0.15) is 4.31 Å². The molecule has 29 heavy (non-hydrogen) atoms. The maximum absolute atomic E-state index is 12.9. The summed E-state index contributed by atoms with van der Waals surface area (Å²) in [6.45, 7) is 2.10. The van der Waals surface area contributed by atoms with E-state index in [1.807, 2.05) is 24.1 Å². The van der Waals surface area contributed by atoms with Crippen molar-refractivity contribution in [3.8, 4) is 0 Å². The van der Waals surface area contributed by atoms with Crippen molar-refractivity contribution in [1.29, 1.82) is 0 Å². The zero-order valence-corrected chi connectivity index (χ0v) is 18.6. The number of sulfonamides is 1. The van der Waals surface area contributed by atoms with E-state index in [1.54, 1.807) is 16.4 Å². The highest BCUT2D eigenvalue weighted by molar-refractivity contribution is 7.89. The molecule has 1 saturated carbocycles. The van der Waals surface area contributed by atoms with Crippen molar-refractivity contribution >= 4 is 15.9 Å². The summed E-state index contributed by atoms with van der Waals surface area (Å²) in [4.78, 5) is 14.7. The first-order chi connectivity index (χ1) is 14.0. The topological polar surface area (TPSA) is 57.7 Å². The van der Waals surface area contributed by atoms with Gasteiger partial charge in [-0.25, -0.2) is 8.42 Å². The molecule has 0 spiro atoms. The molecule has 1 amide bonds. The van der Waals surface area contributed by atoms with Gasteiger partial charge in [0.25, 0.3) is 0 Å². The molecule has 0 aromatic heterocycles. The van der Waals surface area contributed by atoms with E-state index in [2.05, 4.69) is 0 Å². The largest absolute Gasteiger partial charge is 0.345 e. The summed E-state index contributed by atoms with van der Waals surface area (Å²) in [7, 11) is -1.49. The van der Waals surface area contributed by atoms with Crippen LogP contribution in [0.25, 0.3) is 0 Å². The van der Waals surface area contributed by atoms with Crippen molar-refractivity contribution in [3.63, 3.8) is 0 Å². The molecule has 1 aliphatic carbocycles. The minimum absolute atomic E-state index is 0.178. The minimum atomic E-state index is -3.41. The van der Waals surface area contributed by atoms with Crippen LogP contribution in [0, 0.1) is 5.92 Å². The van der Waals surface area contributed by atoms with Gasteiger partial charge < -0.3 is 4.90 Å². The van der Waals surface area contributed by atoms with Gasteiger partial charge in [-0.1, -0.05) is 44.2 Å². The predicted molar refractivity (Wildman–Crippen MR) is 116 cm³/mol. The summed E-state index contributed by atoms with van der Waals surface area (Å²) in [6.07, 6.45) is 11.6. The molecule has 0 N–H and O–H groups in total. The lowest BCUT2D eigenvalue weighted by molar-refractivity contribution is -0.130. The van der Waals surface area contributed by atoms with Gasteiger partial charge in [0.15, 0.2) is 0 Å². The van der Waals surface area contributed by atoms with Crippen LogP contribution in [0.5, 0.6) is 0 Å². The molecule has 3 rings (SSSR count). The second kappa shape index (κ2) is 10.6. The van der Waals surface area contributed by atoms with Crippen molar-refractivity contribution in [2.75, 3.05) is 26.7 Å². The molecule has 0 radical (unpaired) electrons. The van der Waals surface area contributed by atoms with E-state index in [0.29, 0.717) is 36.7 Å². The highest BCUT2D eigenvalue weighted by Crippen LogP contribution is 2.24. The molecule has 5 nitrogen and oxygen atoms in total. The molecular weight excluding hydrogens is 384 g/mol. The van der Waals surface area contributed by atoms with Crippen molar-refractivity contribution in [2.45, 2.75) is 75.5 Å². The van der Waals surface area contributed by atoms with Gasteiger partial charge >= 0.3 is 0 Å². The third-order valence-electron chi connectivity index (χ3n) is 6.44. The maximum Gasteiger partial charge on any atom is 0.243 e. The van der Waals surface area contributed by atoms with Gasteiger partial charge in [-0.3, -0.25) is 4.79 Å². The van der Waals surface area contributed by atoms with Crippen molar-refractivity contribution in [2.24, 2.45) is 5.92 Å². The molecule has 1 aromatic rings. The Kier molecular flexibility index (Phi) is 8.13. The van der Waals surface area contributed by atoms with Crippen LogP contribution < -0.4 is 0 Å². The molecule has 162 valence electrons. The van der Waals surface area contributed by atoms with Gasteiger partial charge in [0, 0.05) is 33.1 Å². The summed E-state index contributed by atoms with van der Waals surface area (Å²) in [5.74, 6) is 0.831. The Balaban J connectivity index is 1.51. The standard InChI is InChI=1S/C23H36N2O3S/c1-24(19-21-9-5-4-6-10-21)23(26)16-13-20-11-14-22(15-12-20)29(27,28)25-17-7-2-3-8-18-25/h11-12,14-15,21H,2-10,13,16-19H2,1H3. The summed E-state index contributed by atoms with van der Waals surface area (Å²) in [6, 6.07) is 7.12. The van der Waals surface area contributed by atoms with Crippen LogP contribution in [0.2, 0.25) is 0 Å². The molecule has 2 aliphatic rings. The van der Waals surface area contributed by atoms with E-state index in [0.717, 1.165) is 37.8 Å². The molecular formula is C23H36N2O3S. The summed E-state index contributed by atoms with van der Waals surface area (Å²) < 4.78 is 27.3. The summed E-state index contributed by atoms with van der Waals surface area (Å²) >= 11 is 0. The lowest BCUT2D eigenvalue weighted by Gasteiger charge is -2.27. The van der Waals surface area contributed by atoms with Gasteiger partial charge in [0.05, 0.1) is 4.90 Å². The molecule has 6 heteroatoms. The van der Waals surface area contributed by atoms with E-state index < -0.39 is 10.0 Å². The van der Waals surface area contributed by atoms with E-state index in [-0.39, 0.29) is 5.91 Å². The van der Waals surface area contributed by atoms with Crippen molar-refractivity contribution < 1.29 is 13.2 Å². The van der Waals surface area contributed by atoms with Crippen LogP contribution >= 0.6 is 0 Å². The Labute approximate surface area is 176 Å². The molecule has 0 unspecified atom stereocenters. The number of nitrogens with zero attached hydrogens (tertiary/aromatic N) is 2. The van der Waals surface area contributed by atoms with Crippen molar-refractivity contribution in [3.05, 3.63) is 29.8 Å². The monoisotopic (exact) mass is 420 g/mol. The van der Waals surface area contributed by atoms with E-state index in [4.69, 9.17) is 0 Å². The van der Waals surface area contributed by atoms with Crippen LogP contribution in [0.4, 0.5) is 0 Å². The fraction of sp³-hybridized carbons (Fsp3) is 0.696. The first-order valence-corrected chi connectivity index (χ1v) is 12.7. The number of hydrogen-bond acceptors (Lipinski definition) is 3. The summed E-state index contributed by atoms with van der Waals surface area (Å²) in [5.41, 5.74) is 1.01. The Morgan fingerprint density at radius 1 is 0.966 bits per heavy atom. The molecule has 0 atom stereocenters. The van der Waals surface area contributed by atoms with Gasteiger partial charge in [-0.05, 0) is 55.7 Å². The van der Waals surface area contributed by atoms with E-state index in [9.17, 15) is 13.2 Å². The van der Waals surface area contributed by atoms with Crippen LogP contribution in [0.15, 0.2) is 29.2 Å². The Morgan fingerprint density at radius 2 is 1.55 bits per heavy atom. The Hall–Kier alpha value is -1.40. The third-order valence-corrected chi connectivity index (χ3v) is 8.35. The fourth-order valence-corrected chi connectivity index (χ4v) is 6.08.